The number of nitrogens with one attached hydrogen (secondary N) is 1. The number of amides is 2. The SMILES string of the molecule is Cc1ccccc1C(=O)N1C(C(=O)NC2CCN(Cc3ccccc3)CC2)CSC1C(C)C. The van der Waals surface area contributed by atoms with E-state index in [-0.39, 0.29) is 29.1 Å². The van der Waals surface area contributed by atoms with Gasteiger partial charge in [-0.3, -0.25) is 14.5 Å². The van der Waals surface area contributed by atoms with Crippen LogP contribution in [0.25, 0.3) is 0 Å². The zero-order valence-corrected chi connectivity index (χ0v) is 20.7. The van der Waals surface area contributed by atoms with Gasteiger partial charge < -0.3 is 10.2 Å². The lowest BCUT2D eigenvalue weighted by Gasteiger charge is -2.35. The molecule has 0 spiro atoms. The number of aryl methyl sites for hydroxylation is 1. The Morgan fingerprint density at radius 1 is 1.03 bits per heavy atom. The summed E-state index contributed by atoms with van der Waals surface area (Å²) < 4.78 is 0. The Bertz CT molecular complexity index is 957. The van der Waals surface area contributed by atoms with Gasteiger partial charge in [-0.25, -0.2) is 0 Å². The molecule has 2 atom stereocenters. The first-order valence-corrected chi connectivity index (χ1v) is 13.1. The van der Waals surface area contributed by atoms with Crippen LogP contribution in [0.1, 0.15) is 48.2 Å². The van der Waals surface area contributed by atoms with E-state index in [1.54, 1.807) is 11.8 Å². The zero-order chi connectivity index (χ0) is 23.4. The van der Waals surface area contributed by atoms with Gasteiger partial charge in [0, 0.05) is 37.0 Å². The molecule has 0 radical (unpaired) electrons. The van der Waals surface area contributed by atoms with E-state index in [9.17, 15) is 9.59 Å². The van der Waals surface area contributed by atoms with Crippen LogP contribution in [-0.4, -0.2) is 57.9 Å². The van der Waals surface area contributed by atoms with Crippen molar-refractivity contribution in [2.24, 2.45) is 5.92 Å². The number of nitrogens with zero attached hydrogens (tertiary/aromatic N) is 2. The van der Waals surface area contributed by atoms with Crippen molar-refractivity contribution in [1.82, 2.24) is 15.1 Å². The van der Waals surface area contributed by atoms with Crippen LogP contribution in [0.5, 0.6) is 0 Å². The summed E-state index contributed by atoms with van der Waals surface area (Å²) in [5.41, 5.74) is 2.97. The summed E-state index contributed by atoms with van der Waals surface area (Å²) in [6.45, 7) is 9.10. The number of thioether (sulfide) groups is 1. The smallest absolute Gasteiger partial charge is 0.255 e. The molecule has 2 aromatic carbocycles. The summed E-state index contributed by atoms with van der Waals surface area (Å²) in [6.07, 6.45) is 1.88. The third-order valence-electron chi connectivity index (χ3n) is 6.70. The number of likely N-dealkylation sites (tertiary alicyclic amines) is 1. The van der Waals surface area contributed by atoms with Gasteiger partial charge in [-0.15, -0.1) is 11.8 Å². The summed E-state index contributed by atoms with van der Waals surface area (Å²) in [4.78, 5) is 31.2. The molecule has 2 saturated heterocycles. The Kier molecular flexibility index (Phi) is 7.76. The Labute approximate surface area is 201 Å². The van der Waals surface area contributed by atoms with E-state index in [1.807, 2.05) is 42.2 Å². The second kappa shape index (κ2) is 10.7. The normalized spacial score (nSPS) is 22.0. The number of hydrogen-bond donors (Lipinski definition) is 1. The second-order valence-corrected chi connectivity index (χ2v) is 10.7. The molecule has 1 N–H and O–H groups in total. The van der Waals surface area contributed by atoms with Crippen molar-refractivity contribution in [1.29, 1.82) is 0 Å². The van der Waals surface area contributed by atoms with Crippen molar-refractivity contribution in [3.8, 4) is 0 Å². The topological polar surface area (TPSA) is 52.7 Å². The van der Waals surface area contributed by atoms with E-state index >= 15 is 0 Å². The molecular weight excluding hydrogens is 430 g/mol. The molecule has 2 amide bonds. The molecule has 2 heterocycles. The van der Waals surface area contributed by atoms with Gasteiger partial charge in [0.05, 0.1) is 5.37 Å². The Balaban J connectivity index is 1.38. The molecule has 2 aliphatic rings. The molecule has 0 bridgehead atoms. The summed E-state index contributed by atoms with van der Waals surface area (Å²) in [6, 6.07) is 17.9. The molecule has 2 aliphatic heterocycles. The molecule has 2 unspecified atom stereocenters. The van der Waals surface area contributed by atoms with Crippen molar-refractivity contribution in [2.75, 3.05) is 18.8 Å². The largest absolute Gasteiger partial charge is 0.351 e. The molecular formula is C27H35N3O2S. The molecule has 176 valence electrons. The number of carbonyl (C=O) groups excluding carboxylic acids is 2. The van der Waals surface area contributed by atoms with Crippen LogP contribution in [0.15, 0.2) is 54.6 Å². The first-order valence-electron chi connectivity index (χ1n) is 12.0. The zero-order valence-electron chi connectivity index (χ0n) is 19.9. The van der Waals surface area contributed by atoms with Gasteiger partial charge in [-0.2, -0.15) is 0 Å². The number of benzene rings is 2. The highest BCUT2D eigenvalue weighted by Gasteiger charge is 2.43. The fourth-order valence-electron chi connectivity index (χ4n) is 4.83. The van der Waals surface area contributed by atoms with Gasteiger partial charge in [0.15, 0.2) is 0 Å². The predicted octanol–water partition coefficient (Wildman–Crippen LogP) is 4.32. The fraction of sp³-hybridized carbons (Fsp3) is 0.481. The van der Waals surface area contributed by atoms with Gasteiger partial charge >= 0.3 is 0 Å². The highest BCUT2D eigenvalue weighted by atomic mass is 32.2. The molecule has 6 heteroatoms. The summed E-state index contributed by atoms with van der Waals surface area (Å²) >= 11 is 1.72. The second-order valence-electron chi connectivity index (χ2n) is 9.56. The maximum atomic E-state index is 13.5. The van der Waals surface area contributed by atoms with Crippen LogP contribution in [0.4, 0.5) is 0 Å². The molecule has 2 aromatic rings. The van der Waals surface area contributed by atoms with Gasteiger partial charge in [0.2, 0.25) is 5.91 Å². The minimum Gasteiger partial charge on any atom is -0.351 e. The average molecular weight is 466 g/mol. The number of hydrogen-bond acceptors (Lipinski definition) is 4. The monoisotopic (exact) mass is 465 g/mol. The van der Waals surface area contributed by atoms with Crippen LogP contribution in [0.3, 0.4) is 0 Å². The van der Waals surface area contributed by atoms with E-state index in [0.717, 1.165) is 38.0 Å². The van der Waals surface area contributed by atoms with E-state index in [2.05, 4.69) is 48.3 Å². The molecule has 0 aliphatic carbocycles. The molecule has 0 aromatic heterocycles. The lowest BCUT2D eigenvalue weighted by Crippen LogP contribution is -2.54. The molecule has 4 rings (SSSR count). The van der Waals surface area contributed by atoms with Gasteiger partial charge in [-0.1, -0.05) is 62.4 Å². The van der Waals surface area contributed by atoms with Gasteiger partial charge in [0.25, 0.3) is 5.91 Å². The minimum atomic E-state index is -0.420. The van der Waals surface area contributed by atoms with Gasteiger partial charge in [0.1, 0.15) is 6.04 Å². The van der Waals surface area contributed by atoms with Crippen LogP contribution in [0, 0.1) is 12.8 Å². The molecule has 33 heavy (non-hydrogen) atoms. The third-order valence-corrected chi connectivity index (χ3v) is 8.32. The summed E-state index contributed by atoms with van der Waals surface area (Å²) in [5.74, 6) is 0.893. The highest BCUT2D eigenvalue weighted by molar-refractivity contribution is 8.00. The maximum Gasteiger partial charge on any atom is 0.255 e. The number of carbonyl (C=O) groups is 2. The van der Waals surface area contributed by atoms with Crippen molar-refractivity contribution in [3.05, 3.63) is 71.3 Å². The molecule has 5 nitrogen and oxygen atoms in total. The molecule has 0 saturated carbocycles. The number of piperidine rings is 1. The van der Waals surface area contributed by atoms with Crippen LogP contribution in [0.2, 0.25) is 0 Å². The van der Waals surface area contributed by atoms with Crippen LogP contribution in [-0.2, 0) is 11.3 Å². The number of rotatable bonds is 6. The van der Waals surface area contributed by atoms with Crippen LogP contribution < -0.4 is 5.32 Å². The van der Waals surface area contributed by atoms with Crippen molar-refractivity contribution < 1.29 is 9.59 Å². The Morgan fingerprint density at radius 2 is 1.70 bits per heavy atom. The molecule has 2 fully saturated rings. The quantitative estimate of drug-likeness (QED) is 0.691. The van der Waals surface area contributed by atoms with Crippen molar-refractivity contribution >= 4 is 23.6 Å². The lowest BCUT2D eigenvalue weighted by molar-refractivity contribution is -0.126. The van der Waals surface area contributed by atoms with Gasteiger partial charge in [-0.05, 0) is 42.9 Å². The average Bonchev–Trinajstić information content (AvgIpc) is 3.27. The van der Waals surface area contributed by atoms with E-state index in [0.29, 0.717) is 11.3 Å². The Hall–Kier alpha value is -2.31. The van der Waals surface area contributed by atoms with Crippen molar-refractivity contribution in [3.63, 3.8) is 0 Å². The third kappa shape index (κ3) is 5.61. The van der Waals surface area contributed by atoms with E-state index in [4.69, 9.17) is 0 Å². The van der Waals surface area contributed by atoms with E-state index < -0.39 is 6.04 Å². The van der Waals surface area contributed by atoms with Crippen molar-refractivity contribution in [2.45, 2.75) is 57.6 Å². The summed E-state index contributed by atoms with van der Waals surface area (Å²) in [7, 11) is 0. The predicted molar refractivity (Wildman–Crippen MR) is 135 cm³/mol. The van der Waals surface area contributed by atoms with E-state index in [1.165, 1.54) is 5.56 Å². The van der Waals surface area contributed by atoms with Crippen LogP contribution >= 0.6 is 11.8 Å². The standard InChI is InChI=1S/C27H35N3O2S/c1-19(2)27-30(26(32)23-12-8-7-9-20(23)3)24(18-33-27)25(31)28-22-13-15-29(16-14-22)17-21-10-5-4-6-11-21/h4-12,19,22,24,27H,13-18H2,1-3H3,(H,28,31). The fourth-order valence-corrected chi connectivity index (χ4v) is 6.31. The minimum absolute atomic E-state index is 0.00547. The lowest BCUT2D eigenvalue weighted by atomic mass is 10.0. The highest BCUT2D eigenvalue weighted by Crippen LogP contribution is 2.35. The Morgan fingerprint density at radius 3 is 2.36 bits per heavy atom. The first kappa shape index (κ1) is 23.8. The maximum absolute atomic E-state index is 13.5. The first-order chi connectivity index (χ1) is 15.9. The summed E-state index contributed by atoms with van der Waals surface area (Å²) in [5, 5.41) is 3.30.